The van der Waals surface area contributed by atoms with E-state index < -0.39 is 0 Å². The number of hydrogen-bond acceptors (Lipinski definition) is 2. The lowest BCUT2D eigenvalue weighted by atomic mass is 9.95. The smallest absolute Gasteiger partial charge is 0.240 e. The molecule has 1 N–H and O–H groups in total. The zero-order valence-electron chi connectivity index (χ0n) is 13.7. The number of amides is 1. The molecule has 1 aliphatic carbocycles. The molecule has 0 spiro atoms. The minimum Gasteiger partial charge on any atom is -0.352 e. The van der Waals surface area contributed by atoms with Crippen molar-refractivity contribution < 1.29 is 9.59 Å². The van der Waals surface area contributed by atoms with Gasteiger partial charge in [0, 0.05) is 23.2 Å². The van der Waals surface area contributed by atoms with Crippen molar-refractivity contribution in [2.24, 2.45) is 0 Å². The molecule has 0 atom stereocenters. The van der Waals surface area contributed by atoms with Crippen LogP contribution in [-0.2, 0) is 17.8 Å². The fourth-order valence-electron chi connectivity index (χ4n) is 3.64. The van der Waals surface area contributed by atoms with Gasteiger partial charge < -0.3 is 9.88 Å². The van der Waals surface area contributed by atoms with Gasteiger partial charge in [0.05, 0.1) is 5.52 Å². The Hall–Kier alpha value is -2.10. The number of aldehydes is 1. The largest absolute Gasteiger partial charge is 0.352 e. The molecule has 2 aromatic rings. The molecular weight excluding hydrogens is 288 g/mol. The third-order valence-electron chi connectivity index (χ3n) is 4.80. The van der Waals surface area contributed by atoms with E-state index in [-0.39, 0.29) is 12.5 Å². The number of aryl methyl sites for hydroxylation is 1. The molecule has 122 valence electrons. The van der Waals surface area contributed by atoms with Crippen LogP contribution in [0, 0.1) is 0 Å². The molecule has 1 fully saturated rings. The molecule has 1 saturated carbocycles. The summed E-state index contributed by atoms with van der Waals surface area (Å²) in [7, 11) is 0. The maximum atomic E-state index is 12.4. The molecule has 0 unspecified atom stereocenters. The highest BCUT2D eigenvalue weighted by Gasteiger charge is 2.17. The van der Waals surface area contributed by atoms with Gasteiger partial charge in [-0.3, -0.25) is 9.59 Å². The van der Waals surface area contributed by atoms with E-state index in [1.807, 2.05) is 16.7 Å². The number of hydrogen-bond donors (Lipinski definition) is 1. The molecule has 4 nitrogen and oxygen atoms in total. The van der Waals surface area contributed by atoms with E-state index >= 15 is 0 Å². The Labute approximate surface area is 136 Å². The summed E-state index contributed by atoms with van der Waals surface area (Å²) in [5.74, 6) is 0.0390. The fourth-order valence-corrected chi connectivity index (χ4v) is 3.64. The van der Waals surface area contributed by atoms with E-state index in [0.29, 0.717) is 11.6 Å². The predicted octanol–water partition coefficient (Wildman–Crippen LogP) is 3.47. The van der Waals surface area contributed by atoms with Gasteiger partial charge in [0.15, 0.2) is 6.29 Å². The number of para-hydroxylation sites is 1. The lowest BCUT2D eigenvalue weighted by Crippen LogP contribution is -2.38. The summed E-state index contributed by atoms with van der Waals surface area (Å²) in [4.78, 5) is 23.7. The van der Waals surface area contributed by atoms with Crippen LogP contribution in [0.1, 0.15) is 54.9 Å². The molecule has 0 saturated heterocycles. The van der Waals surface area contributed by atoms with Crippen molar-refractivity contribution in [3.63, 3.8) is 0 Å². The average Bonchev–Trinajstić information content (AvgIpc) is 2.93. The summed E-state index contributed by atoms with van der Waals surface area (Å²) in [5.41, 5.74) is 2.83. The van der Waals surface area contributed by atoms with Gasteiger partial charge in [0.2, 0.25) is 5.91 Å². The van der Waals surface area contributed by atoms with Gasteiger partial charge in [-0.1, -0.05) is 44.4 Å². The van der Waals surface area contributed by atoms with Crippen molar-refractivity contribution in [1.82, 2.24) is 9.88 Å². The molecule has 0 aliphatic heterocycles. The van der Waals surface area contributed by atoms with Crippen molar-refractivity contribution in [2.45, 2.75) is 58.0 Å². The Bertz CT molecular complexity index is 711. The molecule has 0 bridgehead atoms. The Kier molecular flexibility index (Phi) is 4.79. The minimum absolute atomic E-state index is 0.0390. The van der Waals surface area contributed by atoms with Gasteiger partial charge >= 0.3 is 0 Å². The minimum atomic E-state index is 0.0390. The summed E-state index contributed by atoms with van der Waals surface area (Å²) in [6.07, 6.45) is 9.39. The summed E-state index contributed by atoms with van der Waals surface area (Å²) in [6, 6.07) is 6.30. The highest BCUT2D eigenvalue weighted by Crippen LogP contribution is 2.24. The second-order valence-corrected chi connectivity index (χ2v) is 6.40. The third kappa shape index (κ3) is 3.31. The quantitative estimate of drug-likeness (QED) is 0.860. The monoisotopic (exact) mass is 312 g/mol. The lowest BCUT2D eigenvalue weighted by molar-refractivity contribution is -0.122. The number of rotatable bonds is 5. The number of carbonyl (C=O) groups is 2. The van der Waals surface area contributed by atoms with Crippen LogP contribution in [0.15, 0.2) is 24.4 Å². The molecule has 1 aliphatic rings. The highest BCUT2D eigenvalue weighted by molar-refractivity contribution is 5.99. The normalized spacial score (nSPS) is 15.7. The molecule has 1 heterocycles. The molecular formula is C19H24N2O2. The zero-order valence-corrected chi connectivity index (χ0v) is 13.7. The lowest BCUT2D eigenvalue weighted by Gasteiger charge is -2.23. The first-order valence-electron chi connectivity index (χ1n) is 8.58. The highest BCUT2D eigenvalue weighted by atomic mass is 16.2. The van der Waals surface area contributed by atoms with Gasteiger partial charge in [-0.15, -0.1) is 0 Å². The number of carbonyl (C=O) groups excluding carboxylic acids is 2. The van der Waals surface area contributed by atoms with Crippen LogP contribution in [0.4, 0.5) is 0 Å². The Balaban J connectivity index is 1.84. The summed E-state index contributed by atoms with van der Waals surface area (Å²) in [5, 5.41) is 4.08. The van der Waals surface area contributed by atoms with Crippen LogP contribution in [0.25, 0.3) is 10.9 Å². The van der Waals surface area contributed by atoms with Crippen molar-refractivity contribution in [3.05, 3.63) is 35.5 Å². The molecule has 4 heteroatoms. The van der Waals surface area contributed by atoms with E-state index in [9.17, 15) is 9.59 Å². The van der Waals surface area contributed by atoms with E-state index in [1.54, 1.807) is 6.20 Å². The van der Waals surface area contributed by atoms with Gasteiger partial charge in [-0.25, -0.2) is 0 Å². The van der Waals surface area contributed by atoms with Crippen molar-refractivity contribution in [3.8, 4) is 0 Å². The molecule has 1 amide bonds. The number of nitrogens with zero attached hydrogens (tertiary/aromatic N) is 1. The van der Waals surface area contributed by atoms with E-state index in [0.717, 1.165) is 36.5 Å². The van der Waals surface area contributed by atoms with Crippen LogP contribution in [0.3, 0.4) is 0 Å². The number of benzene rings is 1. The summed E-state index contributed by atoms with van der Waals surface area (Å²) >= 11 is 0. The molecule has 3 rings (SSSR count). The Morgan fingerprint density at radius 1 is 1.30 bits per heavy atom. The van der Waals surface area contributed by atoms with Crippen LogP contribution in [0.2, 0.25) is 0 Å². The second kappa shape index (κ2) is 6.99. The van der Waals surface area contributed by atoms with Crippen LogP contribution >= 0.6 is 0 Å². The molecule has 1 aromatic carbocycles. The second-order valence-electron chi connectivity index (χ2n) is 6.40. The van der Waals surface area contributed by atoms with E-state index in [2.05, 4.69) is 18.3 Å². The number of fused-ring (bicyclic) bond motifs is 1. The van der Waals surface area contributed by atoms with E-state index in [4.69, 9.17) is 0 Å². The van der Waals surface area contributed by atoms with E-state index in [1.165, 1.54) is 24.8 Å². The average molecular weight is 312 g/mol. The topological polar surface area (TPSA) is 51.1 Å². The van der Waals surface area contributed by atoms with Crippen molar-refractivity contribution in [2.75, 3.05) is 0 Å². The van der Waals surface area contributed by atoms with Crippen LogP contribution < -0.4 is 5.32 Å². The van der Waals surface area contributed by atoms with Crippen LogP contribution in [-0.4, -0.2) is 22.8 Å². The maximum absolute atomic E-state index is 12.4. The SMILES string of the molecule is CCc1cccc2c(C=O)cn(CC(=O)NC3CCCCC3)c12. The molecule has 1 aromatic heterocycles. The van der Waals surface area contributed by atoms with Gasteiger partial charge in [-0.05, 0) is 24.8 Å². The van der Waals surface area contributed by atoms with Crippen molar-refractivity contribution in [1.29, 1.82) is 0 Å². The summed E-state index contributed by atoms with van der Waals surface area (Å²) < 4.78 is 1.93. The molecule has 23 heavy (non-hydrogen) atoms. The Morgan fingerprint density at radius 3 is 2.78 bits per heavy atom. The Morgan fingerprint density at radius 2 is 2.09 bits per heavy atom. The first-order chi connectivity index (χ1) is 11.2. The number of aromatic nitrogens is 1. The predicted molar refractivity (Wildman–Crippen MR) is 91.7 cm³/mol. The standard InChI is InChI=1S/C19H24N2O2/c1-2-14-7-6-10-17-15(13-22)11-21(19(14)17)12-18(23)20-16-8-4-3-5-9-16/h6-7,10-11,13,16H,2-5,8-9,12H2,1H3,(H,20,23). The van der Waals surface area contributed by atoms with Gasteiger partial charge in [0.1, 0.15) is 6.54 Å². The fraction of sp³-hybridized carbons (Fsp3) is 0.474. The first-order valence-corrected chi connectivity index (χ1v) is 8.58. The zero-order chi connectivity index (χ0) is 16.2. The summed E-state index contributed by atoms with van der Waals surface area (Å²) in [6.45, 7) is 2.37. The maximum Gasteiger partial charge on any atom is 0.240 e. The first kappa shape index (κ1) is 15.8. The third-order valence-corrected chi connectivity index (χ3v) is 4.80. The van der Waals surface area contributed by atoms with Crippen molar-refractivity contribution >= 4 is 23.1 Å². The van der Waals surface area contributed by atoms with Gasteiger partial charge in [-0.2, -0.15) is 0 Å². The molecule has 0 radical (unpaired) electrons. The number of nitrogens with one attached hydrogen (secondary N) is 1. The van der Waals surface area contributed by atoms with Crippen LogP contribution in [0.5, 0.6) is 0 Å². The van der Waals surface area contributed by atoms with Gasteiger partial charge in [0.25, 0.3) is 0 Å².